The van der Waals surface area contributed by atoms with E-state index in [0.717, 1.165) is 37.7 Å². The minimum absolute atomic E-state index is 0.000629. The molecule has 2 N–H and O–H groups in total. The molecule has 4 amide bonds. The van der Waals surface area contributed by atoms with Crippen LogP contribution in [0.1, 0.15) is 50.5 Å². The van der Waals surface area contributed by atoms with E-state index in [1.807, 2.05) is 0 Å². The topological polar surface area (TPSA) is 78.5 Å². The summed E-state index contributed by atoms with van der Waals surface area (Å²) in [5, 5.41) is 3.45. The quantitative estimate of drug-likeness (QED) is 0.724. The lowest BCUT2D eigenvalue weighted by atomic mass is 9.86. The van der Waals surface area contributed by atoms with Crippen molar-refractivity contribution in [2.75, 3.05) is 4.90 Å². The van der Waals surface area contributed by atoms with E-state index in [2.05, 4.69) is 0 Å². The van der Waals surface area contributed by atoms with Gasteiger partial charge in [-0.05, 0) is 31.4 Å². The van der Waals surface area contributed by atoms with Gasteiger partial charge >= 0.3 is 12.2 Å². The van der Waals surface area contributed by atoms with Crippen LogP contribution in [-0.2, 0) is 9.59 Å². The van der Waals surface area contributed by atoms with Gasteiger partial charge in [-0.25, -0.2) is 9.69 Å². The molecule has 158 valence electrons. The van der Waals surface area contributed by atoms with Crippen molar-refractivity contribution < 1.29 is 27.6 Å². The Labute approximate surface area is 166 Å². The second-order valence-electron chi connectivity index (χ2n) is 7.74. The van der Waals surface area contributed by atoms with E-state index < -0.39 is 29.7 Å². The lowest BCUT2D eigenvalue weighted by molar-refractivity contribution is -0.201. The zero-order chi connectivity index (χ0) is 21.2. The fourth-order valence-electron chi connectivity index (χ4n) is 3.89. The third kappa shape index (κ3) is 4.23. The number of benzene rings is 1. The van der Waals surface area contributed by atoms with Crippen LogP contribution in [0.4, 0.5) is 23.7 Å². The van der Waals surface area contributed by atoms with Gasteiger partial charge < -0.3 is 5.32 Å². The molecule has 0 bridgehead atoms. The second-order valence-corrected chi connectivity index (χ2v) is 7.74. The molecule has 2 fully saturated rings. The van der Waals surface area contributed by atoms with Gasteiger partial charge in [-0.1, -0.05) is 49.8 Å². The molecule has 29 heavy (non-hydrogen) atoms. The van der Waals surface area contributed by atoms with E-state index in [-0.39, 0.29) is 12.1 Å². The van der Waals surface area contributed by atoms with Crippen molar-refractivity contribution in [2.45, 2.75) is 63.7 Å². The minimum atomic E-state index is -5.19. The van der Waals surface area contributed by atoms with Crippen molar-refractivity contribution in [3.63, 3.8) is 0 Å². The summed E-state index contributed by atoms with van der Waals surface area (Å²) in [4.78, 5) is 37.7. The molecule has 1 aromatic carbocycles. The highest BCUT2D eigenvalue weighted by atomic mass is 19.4. The normalized spacial score (nSPS) is 23.2. The van der Waals surface area contributed by atoms with Crippen molar-refractivity contribution in [2.24, 2.45) is 5.92 Å². The van der Waals surface area contributed by atoms with Gasteiger partial charge in [0.15, 0.2) is 0 Å². The largest absolute Gasteiger partial charge is 0.440 e. The molecule has 1 atom stereocenters. The molecule has 9 heteroatoms. The van der Waals surface area contributed by atoms with Crippen molar-refractivity contribution in [3.05, 3.63) is 29.8 Å². The Bertz CT molecular complexity index is 788. The highest BCUT2D eigenvalue weighted by molar-refractivity contribution is 6.24. The van der Waals surface area contributed by atoms with Gasteiger partial charge in [-0.15, -0.1) is 0 Å². The number of anilines is 1. The second kappa shape index (κ2) is 8.04. The first-order valence-electron chi connectivity index (χ1n) is 9.75. The highest BCUT2D eigenvalue weighted by Crippen LogP contribution is 2.36. The van der Waals surface area contributed by atoms with Crippen molar-refractivity contribution in [1.29, 1.82) is 0 Å². The van der Waals surface area contributed by atoms with Gasteiger partial charge in [0.05, 0.1) is 5.69 Å². The van der Waals surface area contributed by atoms with Gasteiger partial charge in [-0.3, -0.25) is 14.9 Å². The molecule has 6 nitrogen and oxygen atoms in total. The Morgan fingerprint density at radius 2 is 1.79 bits per heavy atom. The smallest absolute Gasteiger partial charge is 0.318 e. The summed E-state index contributed by atoms with van der Waals surface area (Å²) in [6.45, 7) is 1.77. The SMILES string of the molecule is Cc1ccc(N2C(=O)N[C@](NC(=O)CCC3CCCCC3)(C(F)(F)F)C2=O)cc1. The number of nitrogens with one attached hydrogen (secondary N) is 2. The number of carbonyl (C=O) groups excluding carboxylic acids is 3. The third-order valence-corrected chi connectivity index (χ3v) is 5.57. The number of amides is 4. The van der Waals surface area contributed by atoms with Crippen LogP contribution >= 0.6 is 0 Å². The number of aryl methyl sites for hydroxylation is 1. The van der Waals surface area contributed by atoms with Crippen molar-refractivity contribution in [1.82, 2.24) is 10.6 Å². The zero-order valence-corrected chi connectivity index (χ0v) is 16.1. The molecule has 3 rings (SSSR count). The zero-order valence-electron chi connectivity index (χ0n) is 16.1. The van der Waals surface area contributed by atoms with E-state index in [4.69, 9.17) is 0 Å². The molecule has 1 aromatic rings. The Hall–Kier alpha value is -2.58. The Balaban J connectivity index is 1.78. The van der Waals surface area contributed by atoms with E-state index >= 15 is 0 Å². The maximum absolute atomic E-state index is 13.9. The van der Waals surface area contributed by atoms with E-state index in [1.54, 1.807) is 29.7 Å². The van der Waals surface area contributed by atoms with Crippen molar-refractivity contribution in [3.8, 4) is 0 Å². The van der Waals surface area contributed by atoms with Gasteiger partial charge in [0.2, 0.25) is 5.91 Å². The standard InChI is InChI=1S/C20H24F3N3O3/c1-13-7-10-15(11-8-13)26-17(28)19(20(21,22)23,25-18(26)29)24-16(27)12-9-14-5-3-2-4-6-14/h7-8,10-11,14H,2-6,9,12H2,1H3,(H,24,27)(H,25,29)/t19-/m0/s1. The van der Waals surface area contributed by atoms with Crippen LogP contribution in [0.5, 0.6) is 0 Å². The van der Waals surface area contributed by atoms with Crippen LogP contribution in [0.2, 0.25) is 0 Å². The van der Waals surface area contributed by atoms with Crippen LogP contribution in [0.25, 0.3) is 0 Å². The van der Waals surface area contributed by atoms with E-state index in [0.29, 0.717) is 17.2 Å². The molecule has 1 aliphatic heterocycles. The van der Waals surface area contributed by atoms with Crippen LogP contribution in [0.3, 0.4) is 0 Å². The molecular weight excluding hydrogens is 387 g/mol. The maximum atomic E-state index is 13.9. The van der Waals surface area contributed by atoms with Gasteiger partial charge in [0, 0.05) is 6.42 Å². The molecule has 0 spiro atoms. The number of hydrogen-bond acceptors (Lipinski definition) is 3. The first-order valence-corrected chi connectivity index (χ1v) is 9.75. The Morgan fingerprint density at radius 1 is 1.17 bits per heavy atom. The van der Waals surface area contributed by atoms with Crippen LogP contribution in [-0.4, -0.2) is 29.7 Å². The maximum Gasteiger partial charge on any atom is 0.440 e. The number of nitrogens with zero attached hydrogens (tertiary/aromatic N) is 1. The third-order valence-electron chi connectivity index (χ3n) is 5.57. The summed E-state index contributed by atoms with van der Waals surface area (Å²) < 4.78 is 41.6. The molecule has 1 aliphatic carbocycles. The number of rotatable bonds is 5. The molecule has 0 aromatic heterocycles. The molecule has 2 aliphatic rings. The molecular formula is C20H24F3N3O3. The van der Waals surface area contributed by atoms with E-state index in [9.17, 15) is 27.6 Å². The van der Waals surface area contributed by atoms with Crippen molar-refractivity contribution >= 4 is 23.5 Å². The predicted octanol–water partition coefficient (Wildman–Crippen LogP) is 3.79. The molecule has 0 unspecified atom stereocenters. The first-order chi connectivity index (χ1) is 13.6. The summed E-state index contributed by atoms with van der Waals surface area (Å²) in [5.74, 6) is -2.17. The first kappa shape index (κ1) is 21.1. The van der Waals surface area contributed by atoms with E-state index in [1.165, 1.54) is 12.1 Å². The fourth-order valence-corrected chi connectivity index (χ4v) is 3.89. The van der Waals surface area contributed by atoms with Crippen LogP contribution < -0.4 is 15.5 Å². The monoisotopic (exact) mass is 411 g/mol. The van der Waals surface area contributed by atoms with Gasteiger partial charge in [-0.2, -0.15) is 13.2 Å². The highest BCUT2D eigenvalue weighted by Gasteiger charge is 2.69. The number of alkyl halides is 3. The Morgan fingerprint density at radius 3 is 2.38 bits per heavy atom. The average Bonchev–Trinajstić information content (AvgIpc) is 2.92. The molecule has 1 heterocycles. The summed E-state index contributed by atoms with van der Waals surface area (Å²) in [6, 6.07) is 4.68. The number of urea groups is 1. The number of halogens is 3. The van der Waals surface area contributed by atoms with Crippen LogP contribution in [0, 0.1) is 12.8 Å². The lowest BCUT2D eigenvalue weighted by Gasteiger charge is -2.30. The average molecular weight is 411 g/mol. The minimum Gasteiger partial charge on any atom is -0.318 e. The molecule has 1 saturated heterocycles. The number of imide groups is 1. The summed E-state index contributed by atoms with van der Waals surface area (Å²) in [6.07, 6.45) is 0.287. The summed E-state index contributed by atoms with van der Waals surface area (Å²) in [7, 11) is 0. The molecule has 0 radical (unpaired) electrons. The summed E-state index contributed by atoms with van der Waals surface area (Å²) in [5.41, 5.74) is -2.64. The van der Waals surface area contributed by atoms with Gasteiger partial charge in [0.1, 0.15) is 0 Å². The fraction of sp³-hybridized carbons (Fsp3) is 0.550. The number of hydrogen-bond donors (Lipinski definition) is 2. The summed E-state index contributed by atoms with van der Waals surface area (Å²) >= 11 is 0. The van der Waals surface area contributed by atoms with Crippen LogP contribution in [0.15, 0.2) is 24.3 Å². The number of carbonyl (C=O) groups is 3. The van der Waals surface area contributed by atoms with Gasteiger partial charge in [0.25, 0.3) is 11.6 Å². The molecule has 1 saturated carbocycles. The lowest BCUT2D eigenvalue weighted by Crippen LogP contribution is -2.69. The predicted molar refractivity (Wildman–Crippen MR) is 99.9 cm³/mol. The Kier molecular flexibility index (Phi) is 5.86.